The van der Waals surface area contributed by atoms with E-state index in [9.17, 15) is 9.59 Å². The largest absolute Gasteiger partial charge is 0.481 e. The van der Waals surface area contributed by atoms with Gasteiger partial charge in [-0.25, -0.2) is 4.79 Å². The van der Waals surface area contributed by atoms with Gasteiger partial charge in [0.2, 0.25) is 0 Å². The Kier molecular flexibility index (Phi) is 7.13. The highest BCUT2D eigenvalue weighted by atomic mass is 16.5. The van der Waals surface area contributed by atoms with Crippen molar-refractivity contribution in [3.8, 4) is 0 Å². The molecule has 0 aromatic carbocycles. The molecule has 1 saturated carbocycles. The van der Waals surface area contributed by atoms with Crippen molar-refractivity contribution in [3.63, 3.8) is 0 Å². The fourth-order valence-corrected chi connectivity index (χ4v) is 3.05. The zero-order valence-electron chi connectivity index (χ0n) is 14.2. The summed E-state index contributed by atoms with van der Waals surface area (Å²) in [7, 11) is 0. The van der Waals surface area contributed by atoms with Crippen molar-refractivity contribution >= 4 is 12.0 Å². The number of hydrogen-bond acceptors (Lipinski definition) is 3. The maximum absolute atomic E-state index is 12.4. The highest BCUT2D eigenvalue weighted by molar-refractivity contribution is 5.75. The van der Waals surface area contributed by atoms with Crippen LogP contribution in [-0.4, -0.2) is 53.8 Å². The van der Waals surface area contributed by atoms with Gasteiger partial charge in [0, 0.05) is 37.6 Å². The molecule has 0 spiro atoms. The van der Waals surface area contributed by atoms with Crippen molar-refractivity contribution in [2.45, 2.75) is 65.5 Å². The monoisotopic (exact) mass is 314 g/mol. The minimum atomic E-state index is -0.834. The van der Waals surface area contributed by atoms with Gasteiger partial charge in [0.15, 0.2) is 0 Å². The molecule has 2 unspecified atom stereocenters. The van der Waals surface area contributed by atoms with Crippen LogP contribution in [0, 0.1) is 5.41 Å². The van der Waals surface area contributed by atoms with Crippen molar-refractivity contribution in [2.24, 2.45) is 5.41 Å². The Labute approximate surface area is 133 Å². The second kappa shape index (κ2) is 8.36. The van der Waals surface area contributed by atoms with E-state index in [2.05, 4.69) is 26.1 Å². The Hall–Kier alpha value is -1.30. The summed E-state index contributed by atoms with van der Waals surface area (Å²) in [4.78, 5) is 24.8. The first-order valence-corrected chi connectivity index (χ1v) is 8.22. The number of rotatable bonds is 9. The topological polar surface area (TPSA) is 78.9 Å². The van der Waals surface area contributed by atoms with Crippen LogP contribution in [0.5, 0.6) is 0 Å². The quantitative estimate of drug-likeness (QED) is 0.641. The van der Waals surface area contributed by atoms with Crippen LogP contribution < -0.4 is 5.32 Å². The molecule has 1 aliphatic carbocycles. The number of aliphatic carboxylic acids is 1. The molecule has 0 bridgehead atoms. The molecule has 0 aliphatic heterocycles. The van der Waals surface area contributed by atoms with Crippen LogP contribution in [0.15, 0.2) is 0 Å². The third-order valence-electron chi connectivity index (χ3n) is 4.44. The number of nitrogens with one attached hydrogen (secondary N) is 1. The molecule has 0 saturated heterocycles. The molecule has 2 N–H and O–H groups in total. The molecule has 0 aromatic heterocycles. The number of amides is 2. The molecule has 2 amide bonds. The molecular weight excluding hydrogens is 284 g/mol. The summed E-state index contributed by atoms with van der Waals surface area (Å²) in [6, 6.07) is 0.0729. The first-order chi connectivity index (χ1) is 10.3. The van der Waals surface area contributed by atoms with Crippen LogP contribution in [0.3, 0.4) is 0 Å². The minimum Gasteiger partial charge on any atom is -0.481 e. The van der Waals surface area contributed by atoms with E-state index in [1.165, 1.54) is 0 Å². The predicted molar refractivity (Wildman–Crippen MR) is 84.9 cm³/mol. The lowest BCUT2D eigenvalue weighted by atomic mass is 9.63. The lowest BCUT2D eigenvalue weighted by molar-refractivity contribution is -0.139. The molecule has 6 heteroatoms. The van der Waals surface area contributed by atoms with Crippen LogP contribution in [0.4, 0.5) is 4.79 Å². The van der Waals surface area contributed by atoms with Gasteiger partial charge in [0.25, 0.3) is 0 Å². The van der Waals surface area contributed by atoms with Crippen molar-refractivity contribution in [1.29, 1.82) is 0 Å². The van der Waals surface area contributed by atoms with Crippen molar-refractivity contribution in [1.82, 2.24) is 10.2 Å². The maximum atomic E-state index is 12.4. The van der Waals surface area contributed by atoms with Crippen LogP contribution in [0.2, 0.25) is 0 Å². The highest BCUT2D eigenvalue weighted by Gasteiger charge is 2.52. The summed E-state index contributed by atoms with van der Waals surface area (Å²) in [5.74, 6) is -0.834. The predicted octanol–water partition coefficient (Wildman–Crippen LogP) is 2.48. The third-order valence-corrected chi connectivity index (χ3v) is 4.44. The Balaban J connectivity index is 2.54. The number of carbonyl (C=O) groups excluding carboxylic acids is 1. The van der Waals surface area contributed by atoms with Crippen molar-refractivity contribution in [2.75, 3.05) is 19.7 Å². The van der Waals surface area contributed by atoms with Gasteiger partial charge in [-0.1, -0.05) is 20.8 Å². The van der Waals surface area contributed by atoms with E-state index in [4.69, 9.17) is 9.84 Å². The summed E-state index contributed by atoms with van der Waals surface area (Å²) < 4.78 is 5.73. The Morgan fingerprint density at radius 3 is 2.55 bits per heavy atom. The smallest absolute Gasteiger partial charge is 0.317 e. The summed E-state index contributed by atoms with van der Waals surface area (Å²) in [6.07, 6.45) is 2.49. The lowest BCUT2D eigenvalue weighted by Crippen LogP contribution is -2.64. The second-order valence-corrected chi connectivity index (χ2v) is 6.44. The Morgan fingerprint density at radius 1 is 1.36 bits per heavy atom. The van der Waals surface area contributed by atoms with E-state index in [-0.39, 0.29) is 30.0 Å². The second-order valence-electron chi connectivity index (χ2n) is 6.44. The molecule has 128 valence electrons. The van der Waals surface area contributed by atoms with E-state index < -0.39 is 5.97 Å². The SMILES string of the molecule is CCCN(C(=O)NCCCC(=O)O)C1CC(OCC)C1(C)C. The van der Waals surface area contributed by atoms with E-state index in [0.717, 1.165) is 12.8 Å². The molecule has 6 nitrogen and oxygen atoms in total. The van der Waals surface area contributed by atoms with Gasteiger partial charge in [0.1, 0.15) is 0 Å². The standard InChI is InChI=1S/C16H30N2O4/c1-5-10-18(15(21)17-9-7-8-14(19)20)12-11-13(22-6-2)16(12,3)4/h12-13H,5-11H2,1-4H3,(H,17,21)(H,19,20). The van der Waals surface area contributed by atoms with Crippen molar-refractivity contribution < 1.29 is 19.4 Å². The van der Waals surface area contributed by atoms with Gasteiger partial charge in [0.05, 0.1) is 6.10 Å². The van der Waals surface area contributed by atoms with Gasteiger partial charge < -0.3 is 20.1 Å². The normalized spacial score (nSPS) is 22.7. The van der Waals surface area contributed by atoms with Crippen LogP contribution in [-0.2, 0) is 9.53 Å². The fraction of sp³-hybridized carbons (Fsp3) is 0.875. The van der Waals surface area contributed by atoms with E-state index in [1.807, 2.05) is 11.8 Å². The summed E-state index contributed by atoms with van der Waals surface area (Å²) in [6.45, 7) is 10.1. The van der Waals surface area contributed by atoms with Gasteiger partial charge in [-0.2, -0.15) is 0 Å². The van der Waals surface area contributed by atoms with Crippen LogP contribution in [0.25, 0.3) is 0 Å². The maximum Gasteiger partial charge on any atom is 0.317 e. The Bertz CT molecular complexity index is 384. The highest BCUT2D eigenvalue weighted by Crippen LogP contribution is 2.45. The number of carboxylic acid groups (broad SMARTS) is 1. The van der Waals surface area contributed by atoms with Gasteiger partial charge >= 0.3 is 12.0 Å². The molecule has 1 rings (SSSR count). The zero-order chi connectivity index (χ0) is 16.8. The van der Waals surface area contributed by atoms with Gasteiger partial charge in [-0.05, 0) is 26.2 Å². The fourth-order valence-electron chi connectivity index (χ4n) is 3.05. The van der Waals surface area contributed by atoms with Crippen LogP contribution >= 0.6 is 0 Å². The van der Waals surface area contributed by atoms with Gasteiger partial charge in [-0.15, -0.1) is 0 Å². The van der Waals surface area contributed by atoms with Gasteiger partial charge in [-0.3, -0.25) is 4.79 Å². The molecule has 22 heavy (non-hydrogen) atoms. The number of nitrogens with zero attached hydrogens (tertiary/aromatic N) is 1. The number of urea groups is 1. The first kappa shape index (κ1) is 18.7. The number of carbonyl (C=O) groups is 2. The lowest BCUT2D eigenvalue weighted by Gasteiger charge is -2.55. The average Bonchev–Trinajstić information content (AvgIpc) is 2.45. The summed E-state index contributed by atoms with van der Waals surface area (Å²) in [5, 5.41) is 11.5. The molecule has 0 aromatic rings. The number of ether oxygens (including phenoxy) is 1. The minimum absolute atomic E-state index is 0.0520. The Morgan fingerprint density at radius 2 is 2.05 bits per heavy atom. The molecule has 2 atom stereocenters. The average molecular weight is 314 g/mol. The van der Waals surface area contributed by atoms with E-state index in [0.29, 0.717) is 26.1 Å². The van der Waals surface area contributed by atoms with Crippen molar-refractivity contribution in [3.05, 3.63) is 0 Å². The van der Waals surface area contributed by atoms with Crippen LogP contribution in [0.1, 0.15) is 53.4 Å². The third kappa shape index (κ3) is 4.60. The number of hydrogen-bond donors (Lipinski definition) is 2. The first-order valence-electron chi connectivity index (χ1n) is 8.22. The van der Waals surface area contributed by atoms with E-state index in [1.54, 1.807) is 0 Å². The molecule has 0 radical (unpaired) electrons. The summed E-state index contributed by atoms with van der Waals surface area (Å²) >= 11 is 0. The molecule has 1 fully saturated rings. The molecule has 1 aliphatic rings. The zero-order valence-corrected chi connectivity index (χ0v) is 14.2. The van der Waals surface area contributed by atoms with E-state index >= 15 is 0 Å². The summed E-state index contributed by atoms with van der Waals surface area (Å²) in [5.41, 5.74) is -0.0520. The molecule has 0 heterocycles. The molecular formula is C16H30N2O4. The number of carboxylic acids is 1.